The first-order valence-electron chi connectivity index (χ1n) is 13.6. The van der Waals surface area contributed by atoms with Gasteiger partial charge in [-0.3, -0.25) is 0 Å². The van der Waals surface area contributed by atoms with Crippen LogP contribution in [-0.4, -0.2) is 6.36 Å². The van der Waals surface area contributed by atoms with Crippen LogP contribution in [-0.2, 0) is 10.8 Å². The Balaban J connectivity index is 1.47. The molecule has 0 saturated heterocycles. The molecular weight excluding hydrogens is 487 g/mol. The van der Waals surface area contributed by atoms with E-state index in [-0.39, 0.29) is 5.56 Å². The standard InChI is InChI=1S/C30H39F5O2/c1-3-4-5-6-7-8-9-23-10-12-25(13-11-23)26-14-18-27(19-15-26)29(31,32)36-22(2)24-16-20-28(21-17-24)37-30(33,34)35/h14-23,25H,3-13H2,1-2H3. The third-order valence-electron chi connectivity index (χ3n) is 7.44. The van der Waals surface area contributed by atoms with Crippen molar-refractivity contribution < 1.29 is 31.4 Å². The van der Waals surface area contributed by atoms with Crippen molar-refractivity contribution in [1.29, 1.82) is 0 Å². The van der Waals surface area contributed by atoms with Crippen molar-refractivity contribution in [2.75, 3.05) is 0 Å². The molecule has 1 aliphatic carbocycles. The van der Waals surface area contributed by atoms with Gasteiger partial charge in [0.2, 0.25) is 0 Å². The van der Waals surface area contributed by atoms with Crippen LogP contribution in [0.4, 0.5) is 22.0 Å². The Morgan fingerprint density at radius 1 is 0.784 bits per heavy atom. The van der Waals surface area contributed by atoms with Crippen molar-refractivity contribution in [3.8, 4) is 5.75 Å². The average Bonchev–Trinajstić information content (AvgIpc) is 2.86. The Hall–Kier alpha value is -2.15. The van der Waals surface area contributed by atoms with E-state index in [1.807, 2.05) is 0 Å². The Labute approximate surface area is 217 Å². The number of ether oxygens (including phenoxy) is 2. The van der Waals surface area contributed by atoms with Gasteiger partial charge in [0, 0.05) is 0 Å². The molecule has 0 amide bonds. The topological polar surface area (TPSA) is 18.5 Å². The third kappa shape index (κ3) is 9.59. The summed E-state index contributed by atoms with van der Waals surface area (Å²) in [5.41, 5.74) is 1.17. The molecule has 1 fully saturated rings. The fraction of sp³-hybridized carbons (Fsp3) is 0.600. The maximum atomic E-state index is 14.8. The molecule has 1 saturated carbocycles. The lowest BCUT2D eigenvalue weighted by atomic mass is 9.77. The quantitative estimate of drug-likeness (QED) is 0.191. The highest BCUT2D eigenvalue weighted by molar-refractivity contribution is 5.30. The van der Waals surface area contributed by atoms with E-state index in [0.717, 1.165) is 36.5 Å². The number of alkyl halides is 5. The Kier molecular flexibility index (Phi) is 10.8. The van der Waals surface area contributed by atoms with Gasteiger partial charge in [0.1, 0.15) is 5.75 Å². The second-order valence-corrected chi connectivity index (χ2v) is 10.3. The van der Waals surface area contributed by atoms with Gasteiger partial charge in [-0.25, -0.2) is 0 Å². The molecule has 2 aromatic carbocycles. The van der Waals surface area contributed by atoms with Crippen LogP contribution in [0.2, 0.25) is 0 Å². The predicted octanol–water partition coefficient (Wildman–Crippen LogP) is 10.4. The first-order valence-corrected chi connectivity index (χ1v) is 13.6. The van der Waals surface area contributed by atoms with Crippen LogP contribution in [0.25, 0.3) is 0 Å². The van der Waals surface area contributed by atoms with Crippen LogP contribution < -0.4 is 4.74 Å². The summed E-state index contributed by atoms with van der Waals surface area (Å²) in [6, 6.07) is 11.1. The minimum Gasteiger partial charge on any atom is -0.406 e. The maximum absolute atomic E-state index is 14.8. The van der Waals surface area contributed by atoms with Gasteiger partial charge >= 0.3 is 12.5 Å². The highest BCUT2D eigenvalue weighted by atomic mass is 19.4. The first kappa shape index (κ1) is 29.4. The Bertz CT molecular complexity index is 916. The lowest BCUT2D eigenvalue weighted by molar-refractivity contribution is -0.274. The summed E-state index contributed by atoms with van der Waals surface area (Å²) in [5.74, 6) is 0.776. The van der Waals surface area contributed by atoms with Gasteiger partial charge in [-0.15, -0.1) is 13.2 Å². The first-order chi connectivity index (χ1) is 17.6. The molecule has 37 heavy (non-hydrogen) atoms. The monoisotopic (exact) mass is 526 g/mol. The van der Waals surface area contributed by atoms with E-state index in [0.29, 0.717) is 11.5 Å². The van der Waals surface area contributed by atoms with Gasteiger partial charge < -0.3 is 9.47 Å². The molecule has 0 spiro atoms. The minimum atomic E-state index is -4.81. The van der Waals surface area contributed by atoms with E-state index in [1.165, 1.54) is 89.0 Å². The van der Waals surface area contributed by atoms with E-state index in [1.54, 1.807) is 12.1 Å². The molecule has 206 valence electrons. The molecular formula is C30H39F5O2. The van der Waals surface area contributed by atoms with Crippen molar-refractivity contribution in [3.63, 3.8) is 0 Å². The van der Waals surface area contributed by atoms with E-state index < -0.39 is 24.3 Å². The van der Waals surface area contributed by atoms with Crippen LogP contribution in [0.3, 0.4) is 0 Å². The molecule has 1 aliphatic rings. The van der Waals surface area contributed by atoms with Gasteiger partial charge in [-0.2, -0.15) is 8.78 Å². The summed E-state index contributed by atoms with van der Waals surface area (Å²) in [4.78, 5) is 0. The van der Waals surface area contributed by atoms with Crippen molar-refractivity contribution in [1.82, 2.24) is 0 Å². The maximum Gasteiger partial charge on any atom is 0.573 e. The Morgan fingerprint density at radius 3 is 1.97 bits per heavy atom. The zero-order chi connectivity index (χ0) is 26.9. The molecule has 3 rings (SSSR count). The lowest BCUT2D eigenvalue weighted by Gasteiger charge is -2.29. The average molecular weight is 527 g/mol. The largest absolute Gasteiger partial charge is 0.573 e. The van der Waals surface area contributed by atoms with Crippen LogP contribution >= 0.6 is 0 Å². The zero-order valence-corrected chi connectivity index (χ0v) is 21.8. The fourth-order valence-corrected chi connectivity index (χ4v) is 5.25. The van der Waals surface area contributed by atoms with Crippen LogP contribution in [0, 0.1) is 5.92 Å². The van der Waals surface area contributed by atoms with Crippen LogP contribution in [0.15, 0.2) is 48.5 Å². The second-order valence-electron chi connectivity index (χ2n) is 10.3. The number of hydrogen-bond acceptors (Lipinski definition) is 2. The van der Waals surface area contributed by atoms with Crippen LogP contribution in [0.5, 0.6) is 5.75 Å². The molecule has 0 heterocycles. The highest BCUT2D eigenvalue weighted by Crippen LogP contribution is 2.40. The number of unbranched alkanes of at least 4 members (excludes halogenated alkanes) is 5. The molecule has 2 nitrogen and oxygen atoms in total. The summed E-state index contributed by atoms with van der Waals surface area (Å²) >= 11 is 0. The minimum absolute atomic E-state index is 0.239. The number of benzene rings is 2. The van der Waals surface area contributed by atoms with E-state index in [2.05, 4.69) is 11.7 Å². The van der Waals surface area contributed by atoms with Crippen LogP contribution in [0.1, 0.15) is 113 Å². The third-order valence-corrected chi connectivity index (χ3v) is 7.44. The zero-order valence-electron chi connectivity index (χ0n) is 21.8. The summed E-state index contributed by atoms with van der Waals surface area (Å²) in [7, 11) is 0. The number of hydrogen-bond donors (Lipinski definition) is 0. The van der Waals surface area contributed by atoms with E-state index >= 15 is 0 Å². The predicted molar refractivity (Wildman–Crippen MR) is 136 cm³/mol. The molecule has 2 aromatic rings. The normalized spacial score (nSPS) is 19.5. The SMILES string of the molecule is CCCCCCCCC1CCC(c2ccc(C(F)(F)OC(C)c3ccc(OC(F)(F)F)cc3)cc2)CC1. The molecule has 0 bridgehead atoms. The molecule has 7 heteroatoms. The molecule has 0 aliphatic heterocycles. The van der Waals surface area contributed by atoms with Gasteiger partial charge in [-0.05, 0) is 67.7 Å². The summed E-state index contributed by atoms with van der Waals surface area (Å²) in [6.45, 7) is 3.67. The second kappa shape index (κ2) is 13.6. The van der Waals surface area contributed by atoms with Gasteiger partial charge in [0.25, 0.3) is 0 Å². The molecule has 0 radical (unpaired) electrons. The fourth-order valence-electron chi connectivity index (χ4n) is 5.25. The number of halogens is 5. The summed E-state index contributed by atoms with van der Waals surface area (Å²) < 4.78 is 75.5. The highest BCUT2D eigenvalue weighted by Gasteiger charge is 2.36. The van der Waals surface area contributed by atoms with Gasteiger partial charge in [0.05, 0.1) is 11.7 Å². The molecule has 1 unspecified atom stereocenters. The molecule has 1 atom stereocenters. The number of rotatable bonds is 13. The van der Waals surface area contributed by atoms with Crippen molar-refractivity contribution in [3.05, 3.63) is 65.2 Å². The summed E-state index contributed by atoms with van der Waals surface area (Å²) in [6.07, 6.45) is 4.45. The lowest BCUT2D eigenvalue weighted by Crippen LogP contribution is -2.21. The summed E-state index contributed by atoms with van der Waals surface area (Å²) in [5, 5.41) is 0. The van der Waals surface area contributed by atoms with E-state index in [9.17, 15) is 22.0 Å². The van der Waals surface area contributed by atoms with Gasteiger partial charge in [0.15, 0.2) is 0 Å². The Morgan fingerprint density at radius 2 is 1.38 bits per heavy atom. The van der Waals surface area contributed by atoms with Gasteiger partial charge in [-0.1, -0.05) is 88.3 Å². The van der Waals surface area contributed by atoms with Crippen molar-refractivity contribution in [2.24, 2.45) is 5.92 Å². The van der Waals surface area contributed by atoms with Crippen molar-refractivity contribution in [2.45, 2.75) is 109 Å². The van der Waals surface area contributed by atoms with Crippen molar-refractivity contribution >= 4 is 0 Å². The molecule has 0 N–H and O–H groups in total. The molecule has 0 aromatic heterocycles. The van der Waals surface area contributed by atoms with E-state index in [4.69, 9.17) is 4.74 Å². The smallest absolute Gasteiger partial charge is 0.406 e.